The van der Waals surface area contributed by atoms with Crippen LogP contribution in [0.5, 0.6) is 0 Å². The first-order chi connectivity index (χ1) is 9.70. The summed E-state index contributed by atoms with van der Waals surface area (Å²) in [4.78, 5) is 11.6. The van der Waals surface area contributed by atoms with Crippen LogP contribution in [0, 0.1) is 5.82 Å². The van der Waals surface area contributed by atoms with Gasteiger partial charge in [0.05, 0.1) is 5.69 Å². The fourth-order valence-corrected chi connectivity index (χ4v) is 1.62. The third-order valence-electron chi connectivity index (χ3n) is 2.52. The first-order valence-electron chi connectivity index (χ1n) is 5.43. The smallest absolute Gasteiger partial charge is 0.322 e. The first-order valence-corrected chi connectivity index (χ1v) is 5.81. The second kappa shape index (κ2) is 5.32. The summed E-state index contributed by atoms with van der Waals surface area (Å²) in [6, 6.07) is 3.61. The summed E-state index contributed by atoms with van der Waals surface area (Å²) in [5.41, 5.74) is -3.15. The summed E-state index contributed by atoms with van der Waals surface area (Å²) in [7, 11) is 1.06. The standard InChI is InChI=1S/C11H7ClF4N4O/c1-20-9(21)8(11(14,15)16)18-19-10(20)17-7-3-2-5(12)4-6(7)13/h2-4H,1H3,(H,17,19). The molecular weight excluding hydrogens is 316 g/mol. The van der Waals surface area contributed by atoms with Gasteiger partial charge in [-0.3, -0.25) is 9.36 Å². The molecule has 1 aromatic carbocycles. The summed E-state index contributed by atoms with van der Waals surface area (Å²) < 4.78 is 51.6. The van der Waals surface area contributed by atoms with Gasteiger partial charge in [-0.25, -0.2) is 4.39 Å². The minimum absolute atomic E-state index is 0.108. The van der Waals surface area contributed by atoms with E-state index in [0.29, 0.717) is 4.57 Å². The van der Waals surface area contributed by atoms with Gasteiger partial charge in [-0.05, 0) is 18.2 Å². The zero-order valence-electron chi connectivity index (χ0n) is 10.4. The average Bonchev–Trinajstić information content (AvgIpc) is 2.36. The van der Waals surface area contributed by atoms with Crippen molar-refractivity contribution < 1.29 is 17.6 Å². The Morgan fingerprint density at radius 2 is 1.95 bits per heavy atom. The normalized spacial score (nSPS) is 11.5. The molecule has 0 aliphatic heterocycles. The van der Waals surface area contributed by atoms with E-state index in [1.165, 1.54) is 12.1 Å². The van der Waals surface area contributed by atoms with Gasteiger partial charge in [0.15, 0.2) is 0 Å². The Bertz CT molecular complexity index is 744. The van der Waals surface area contributed by atoms with Gasteiger partial charge in [-0.2, -0.15) is 13.2 Å². The van der Waals surface area contributed by atoms with E-state index < -0.39 is 23.2 Å². The van der Waals surface area contributed by atoms with Crippen molar-refractivity contribution in [2.75, 3.05) is 5.32 Å². The van der Waals surface area contributed by atoms with Crippen molar-refractivity contribution in [1.82, 2.24) is 14.8 Å². The maximum Gasteiger partial charge on any atom is 0.440 e. The van der Waals surface area contributed by atoms with Gasteiger partial charge < -0.3 is 5.32 Å². The van der Waals surface area contributed by atoms with Crippen LogP contribution in [-0.4, -0.2) is 14.8 Å². The van der Waals surface area contributed by atoms with Crippen LogP contribution in [0.4, 0.5) is 29.2 Å². The zero-order chi connectivity index (χ0) is 15.8. The van der Waals surface area contributed by atoms with Gasteiger partial charge in [-0.15, -0.1) is 10.2 Å². The molecule has 5 nitrogen and oxygen atoms in total. The van der Waals surface area contributed by atoms with Gasteiger partial charge in [0.25, 0.3) is 5.56 Å². The predicted molar refractivity (Wildman–Crippen MR) is 67.0 cm³/mol. The van der Waals surface area contributed by atoms with Gasteiger partial charge >= 0.3 is 6.18 Å². The molecule has 1 heterocycles. The number of alkyl halides is 3. The number of nitrogens with one attached hydrogen (secondary N) is 1. The molecule has 0 aliphatic rings. The second-order valence-corrected chi connectivity index (χ2v) is 4.42. The molecule has 2 rings (SSSR count). The monoisotopic (exact) mass is 322 g/mol. The number of hydrogen-bond acceptors (Lipinski definition) is 4. The molecular formula is C11H7ClF4N4O. The summed E-state index contributed by atoms with van der Waals surface area (Å²) in [5, 5.41) is 8.60. The minimum Gasteiger partial charge on any atom is -0.322 e. The fourth-order valence-electron chi connectivity index (χ4n) is 1.46. The summed E-state index contributed by atoms with van der Waals surface area (Å²) in [5.74, 6) is -1.09. The van der Waals surface area contributed by atoms with Gasteiger partial charge in [0.2, 0.25) is 11.6 Å². The minimum atomic E-state index is -4.91. The van der Waals surface area contributed by atoms with E-state index in [1.54, 1.807) is 0 Å². The number of anilines is 2. The SMILES string of the molecule is Cn1c(Nc2ccc(Cl)cc2F)nnc(C(F)(F)F)c1=O. The van der Waals surface area contributed by atoms with Crippen LogP contribution in [0.1, 0.15) is 5.69 Å². The summed E-state index contributed by atoms with van der Waals surface area (Å²) in [6.45, 7) is 0. The highest BCUT2D eigenvalue weighted by Crippen LogP contribution is 2.25. The first kappa shape index (κ1) is 15.2. The van der Waals surface area contributed by atoms with E-state index in [1.807, 2.05) is 0 Å². The van der Waals surface area contributed by atoms with Crippen LogP contribution >= 0.6 is 11.6 Å². The molecule has 21 heavy (non-hydrogen) atoms. The number of benzene rings is 1. The molecule has 112 valence electrons. The molecule has 0 aliphatic carbocycles. The van der Waals surface area contributed by atoms with Crippen molar-refractivity contribution in [3.8, 4) is 0 Å². The average molecular weight is 323 g/mol. The Morgan fingerprint density at radius 3 is 2.52 bits per heavy atom. The predicted octanol–water partition coefficient (Wildman–Crippen LogP) is 2.73. The van der Waals surface area contributed by atoms with Crippen molar-refractivity contribution in [3.05, 3.63) is 45.1 Å². The van der Waals surface area contributed by atoms with Gasteiger partial charge in [-0.1, -0.05) is 11.6 Å². The highest BCUT2D eigenvalue weighted by molar-refractivity contribution is 6.30. The van der Waals surface area contributed by atoms with Crippen molar-refractivity contribution in [3.63, 3.8) is 0 Å². The lowest BCUT2D eigenvalue weighted by atomic mass is 10.3. The highest BCUT2D eigenvalue weighted by atomic mass is 35.5. The number of nitrogens with zero attached hydrogens (tertiary/aromatic N) is 3. The summed E-state index contributed by atoms with van der Waals surface area (Å²) >= 11 is 5.57. The van der Waals surface area contributed by atoms with E-state index in [-0.39, 0.29) is 16.7 Å². The lowest BCUT2D eigenvalue weighted by Gasteiger charge is -2.12. The molecule has 0 radical (unpaired) electrons. The fraction of sp³-hybridized carbons (Fsp3) is 0.182. The molecule has 10 heteroatoms. The molecule has 0 fully saturated rings. The lowest BCUT2D eigenvalue weighted by molar-refractivity contribution is -0.143. The van der Waals surface area contributed by atoms with Crippen molar-refractivity contribution in [2.45, 2.75) is 6.18 Å². The van der Waals surface area contributed by atoms with E-state index in [2.05, 4.69) is 15.5 Å². The highest BCUT2D eigenvalue weighted by Gasteiger charge is 2.37. The van der Waals surface area contributed by atoms with Crippen molar-refractivity contribution in [1.29, 1.82) is 0 Å². The Morgan fingerprint density at radius 1 is 1.29 bits per heavy atom. The number of hydrogen-bond donors (Lipinski definition) is 1. The van der Waals surface area contributed by atoms with Crippen LogP contribution in [-0.2, 0) is 13.2 Å². The summed E-state index contributed by atoms with van der Waals surface area (Å²) in [6.07, 6.45) is -4.91. The van der Waals surface area contributed by atoms with E-state index in [0.717, 1.165) is 13.1 Å². The maximum absolute atomic E-state index is 13.6. The van der Waals surface area contributed by atoms with Gasteiger partial charge in [0.1, 0.15) is 5.82 Å². The molecule has 0 bridgehead atoms. The molecule has 0 atom stereocenters. The van der Waals surface area contributed by atoms with E-state index in [9.17, 15) is 22.4 Å². The van der Waals surface area contributed by atoms with Gasteiger partial charge in [0, 0.05) is 12.1 Å². The van der Waals surface area contributed by atoms with Crippen LogP contribution in [0.25, 0.3) is 0 Å². The van der Waals surface area contributed by atoms with Crippen molar-refractivity contribution in [2.24, 2.45) is 7.05 Å². The Labute approximate surface area is 120 Å². The molecule has 0 unspecified atom stereocenters. The van der Waals surface area contributed by atoms with Crippen LogP contribution < -0.4 is 10.9 Å². The lowest BCUT2D eigenvalue weighted by Crippen LogP contribution is -2.31. The Kier molecular flexibility index (Phi) is 3.86. The molecule has 0 spiro atoms. The van der Waals surface area contributed by atoms with Crippen LogP contribution in [0.2, 0.25) is 5.02 Å². The quantitative estimate of drug-likeness (QED) is 0.864. The third-order valence-corrected chi connectivity index (χ3v) is 2.75. The Hall–Kier alpha value is -2.16. The molecule has 0 amide bonds. The molecule has 1 aromatic heterocycles. The molecule has 1 N–H and O–H groups in total. The third kappa shape index (κ3) is 3.13. The topological polar surface area (TPSA) is 59.8 Å². The van der Waals surface area contributed by atoms with E-state index in [4.69, 9.17) is 11.6 Å². The molecule has 0 saturated heterocycles. The van der Waals surface area contributed by atoms with E-state index >= 15 is 0 Å². The number of aromatic nitrogens is 3. The van der Waals surface area contributed by atoms with Crippen LogP contribution in [0.3, 0.4) is 0 Å². The largest absolute Gasteiger partial charge is 0.440 e. The second-order valence-electron chi connectivity index (χ2n) is 3.98. The zero-order valence-corrected chi connectivity index (χ0v) is 11.1. The number of halogens is 5. The molecule has 2 aromatic rings. The number of rotatable bonds is 2. The Balaban J connectivity index is 2.43. The maximum atomic E-state index is 13.6. The van der Waals surface area contributed by atoms with Crippen LogP contribution in [0.15, 0.2) is 23.0 Å². The molecule has 0 saturated carbocycles. The van der Waals surface area contributed by atoms with Crippen molar-refractivity contribution >= 4 is 23.2 Å².